The summed E-state index contributed by atoms with van der Waals surface area (Å²) in [6, 6.07) is 5.55. The number of sulfonamides is 1. The molecule has 0 aliphatic heterocycles. The number of nitrogens with two attached hydrogens (primary N) is 1. The predicted octanol–water partition coefficient (Wildman–Crippen LogP) is 2.54. The van der Waals surface area contributed by atoms with E-state index in [9.17, 15) is 8.42 Å². The standard InChI is InChI=1S/C11H12BrIN4O2S/c1-6(2)17-10(15-16-11(17)20(14,18)19)8-5-7(12)3-4-9(8)13/h3-6H,1-2H3,(H2,14,18,19). The van der Waals surface area contributed by atoms with Gasteiger partial charge in [-0.05, 0) is 54.6 Å². The Hall–Kier alpha value is -0.520. The summed E-state index contributed by atoms with van der Waals surface area (Å²) in [4.78, 5) is 0. The molecule has 1 heterocycles. The molecule has 0 saturated carbocycles. The van der Waals surface area contributed by atoms with Crippen LogP contribution >= 0.6 is 38.5 Å². The van der Waals surface area contributed by atoms with E-state index in [1.807, 2.05) is 32.0 Å². The van der Waals surface area contributed by atoms with Crippen LogP contribution in [0.5, 0.6) is 0 Å². The van der Waals surface area contributed by atoms with Crippen LogP contribution in [0.3, 0.4) is 0 Å². The molecule has 0 aliphatic carbocycles. The maximum atomic E-state index is 11.6. The summed E-state index contributed by atoms with van der Waals surface area (Å²) in [5, 5.41) is 12.7. The van der Waals surface area contributed by atoms with Crippen molar-refractivity contribution in [3.63, 3.8) is 0 Å². The third kappa shape index (κ3) is 3.05. The van der Waals surface area contributed by atoms with Gasteiger partial charge >= 0.3 is 0 Å². The first-order valence-corrected chi connectivity index (χ1v) is 9.06. The molecule has 108 valence electrons. The topological polar surface area (TPSA) is 90.9 Å². The number of hydrogen-bond donors (Lipinski definition) is 1. The minimum atomic E-state index is -3.91. The SMILES string of the molecule is CC(C)n1c(-c2cc(Br)ccc2I)nnc1S(N)(=O)=O. The quantitative estimate of drug-likeness (QED) is 0.698. The zero-order valence-corrected chi connectivity index (χ0v) is 15.3. The largest absolute Gasteiger partial charge is 0.294 e. The van der Waals surface area contributed by atoms with Crippen molar-refractivity contribution in [2.75, 3.05) is 0 Å². The molecule has 9 heteroatoms. The van der Waals surface area contributed by atoms with Crippen molar-refractivity contribution in [3.05, 3.63) is 26.2 Å². The molecule has 0 aliphatic rings. The molecule has 0 bridgehead atoms. The lowest BCUT2D eigenvalue weighted by Gasteiger charge is -2.14. The van der Waals surface area contributed by atoms with Gasteiger partial charge in [0.05, 0.1) is 0 Å². The lowest BCUT2D eigenvalue weighted by atomic mass is 10.2. The number of benzene rings is 1. The Kier molecular flexibility index (Phi) is 4.52. The van der Waals surface area contributed by atoms with Gasteiger partial charge in [-0.25, -0.2) is 13.6 Å². The van der Waals surface area contributed by atoms with Crippen LogP contribution in [0.4, 0.5) is 0 Å². The summed E-state index contributed by atoms with van der Waals surface area (Å²) < 4.78 is 26.5. The maximum Gasteiger partial charge on any atom is 0.273 e. The van der Waals surface area contributed by atoms with Crippen LogP contribution in [0.2, 0.25) is 0 Å². The van der Waals surface area contributed by atoms with Gasteiger partial charge in [-0.15, -0.1) is 10.2 Å². The molecule has 2 aromatic rings. The van der Waals surface area contributed by atoms with E-state index in [4.69, 9.17) is 5.14 Å². The maximum absolute atomic E-state index is 11.6. The van der Waals surface area contributed by atoms with Gasteiger partial charge in [0.2, 0.25) is 0 Å². The highest BCUT2D eigenvalue weighted by Crippen LogP contribution is 2.30. The molecule has 2 rings (SSSR count). The first kappa shape index (κ1) is 15.9. The van der Waals surface area contributed by atoms with Gasteiger partial charge in [-0.1, -0.05) is 15.9 Å². The van der Waals surface area contributed by atoms with Gasteiger partial charge in [0, 0.05) is 19.6 Å². The van der Waals surface area contributed by atoms with Crippen LogP contribution < -0.4 is 5.14 Å². The summed E-state index contributed by atoms with van der Waals surface area (Å²) in [6.45, 7) is 3.71. The smallest absolute Gasteiger partial charge is 0.273 e. The third-order valence-corrected chi connectivity index (χ3v) is 4.83. The average molecular weight is 471 g/mol. The van der Waals surface area contributed by atoms with Gasteiger partial charge in [-0.2, -0.15) is 0 Å². The molecule has 0 saturated heterocycles. The average Bonchev–Trinajstić information content (AvgIpc) is 2.76. The second kappa shape index (κ2) is 5.70. The minimum Gasteiger partial charge on any atom is -0.294 e. The number of halogens is 2. The predicted molar refractivity (Wildman–Crippen MR) is 87.6 cm³/mol. The second-order valence-electron chi connectivity index (χ2n) is 4.44. The van der Waals surface area contributed by atoms with Crippen molar-refractivity contribution in [2.45, 2.75) is 25.0 Å². The number of hydrogen-bond acceptors (Lipinski definition) is 4. The Balaban J connectivity index is 2.76. The van der Waals surface area contributed by atoms with Crippen LogP contribution in [0.1, 0.15) is 19.9 Å². The van der Waals surface area contributed by atoms with Gasteiger partial charge in [0.1, 0.15) is 0 Å². The number of aromatic nitrogens is 3. The van der Waals surface area contributed by atoms with Crippen molar-refractivity contribution in [3.8, 4) is 11.4 Å². The number of nitrogens with zero attached hydrogens (tertiary/aromatic N) is 3. The molecule has 1 aromatic carbocycles. The lowest BCUT2D eigenvalue weighted by Crippen LogP contribution is -2.20. The summed E-state index contributed by atoms with van der Waals surface area (Å²) in [5.41, 5.74) is 0.802. The van der Waals surface area contributed by atoms with E-state index >= 15 is 0 Å². The summed E-state index contributed by atoms with van der Waals surface area (Å²) in [6.07, 6.45) is 0. The molecule has 1 aromatic heterocycles. The molecular formula is C11H12BrIN4O2S. The molecule has 0 spiro atoms. The van der Waals surface area contributed by atoms with Gasteiger partial charge < -0.3 is 0 Å². The van der Waals surface area contributed by atoms with Crippen LogP contribution in [0.15, 0.2) is 27.8 Å². The van der Waals surface area contributed by atoms with Crippen LogP contribution in [0, 0.1) is 3.57 Å². The molecule has 6 nitrogen and oxygen atoms in total. The zero-order valence-electron chi connectivity index (χ0n) is 10.7. The highest BCUT2D eigenvalue weighted by Gasteiger charge is 2.24. The highest BCUT2D eigenvalue weighted by molar-refractivity contribution is 14.1. The van der Waals surface area contributed by atoms with Gasteiger partial charge in [-0.3, -0.25) is 4.57 Å². The van der Waals surface area contributed by atoms with Crippen LogP contribution in [-0.2, 0) is 10.0 Å². The summed E-state index contributed by atoms with van der Waals surface area (Å²) in [5.74, 6) is 0.481. The third-order valence-electron chi connectivity index (χ3n) is 2.60. The van der Waals surface area contributed by atoms with E-state index in [2.05, 4.69) is 48.7 Å². The van der Waals surface area contributed by atoms with Crippen molar-refractivity contribution in [2.24, 2.45) is 5.14 Å². The number of rotatable bonds is 3. The molecular weight excluding hydrogens is 459 g/mol. The fourth-order valence-corrected chi connectivity index (χ4v) is 3.45. The van der Waals surface area contributed by atoms with Crippen LogP contribution in [-0.4, -0.2) is 23.2 Å². The van der Waals surface area contributed by atoms with E-state index in [1.165, 1.54) is 4.57 Å². The van der Waals surface area contributed by atoms with Gasteiger partial charge in [0.25, 0.3) is 15.2 Å². The summed E-state index contributed by atoms with van der Waals surface area (Å²) in [7, 11) is -3.91. The summed E-state index contributed by atoms with van der Waals surface area (Å²) >= 11 is 5.57. The van der Waals surface area contributed by atoms with Gasteiger partial charge in [0.15, 0.2) is 5.82 Å². The molecule has 0 radical (unpaired) electrons. The molecule has 0 unspecified atom stereocenters. The van der Waals surface area contributed by atoms with Crippen molar-refractivity contribution >= 4 is 48.5 Å². The van der Waals surface area contributed by atoms with Crippen molar-refractivity contribution in [1.29, 1.82) is 0 Å². The fraction of sp³-hybridized carbons (Fsp3) is 0.273. The normalized spacial score (nSPS) is 12.1. The first-order valence-electron chi connectivity index (χ1n) is 5.65. The Bertz CT molecular complexity index is 758. The van der Waals surface area contributed by atoms with Crippen LogP contribution in [0.25, 0.3) is 11.4 Å². The zero-order chi connectivity index (χ0) is 15.1. The molecule has 2 N–H and O–H groups in total. The Morgan fingerprint density at radius 1 is 1.35 bits per heavy atom. The minimum absolute atomic E-state index is 0.136. The Labute approximate surface area is 139 Å². The Morgan fingerprint density at radius 2 is 2.00 bits per heavy atom. The lowest BCUT2D eigenvalue weighted by molar-refractivity contribution is 0.524. The fourth-order valence-electron chi connectivity index (χ4n) is 1.79. The molecule has 0 atom stereocenters. The number of primary sulfonamides is 1. The monoisotopic (exact) mass is 470 g/mol. The van der Waals surface area contributed by atoms with Crippen molar-refractivity contribution < 1.29 is 8.42 Å². The molecule has 0 amide bonds. The second-order valence-corrected chi connectivity index (χ2v) is 7.97. The molecule has 20 heavy (non-hydrogen) atoms. The first-order chi connectivity index (χ1) is 9.21. The van der Waals surface area contributed by atoms with Crippen molar-refractivity contribution in [1.82, 2.24) is 14.8 Å². The highest BCUT2D eigenvalue weighted by atomic mass is 127. The molecule has 0 fully saturated rings. The van der Waals surface area contributed by atoms with E-state index < -0.39 is 10.0 Å². The van der Waals surface area contributed by atoms with E-state index in [1.54, 1.807) is 0 Å². The van der Waals surface area contributed by atoms with E-state index in [0.717, 1.165) is 13.6 Å². The van der Waals surface area contributed by atoms with E-state index in [0.29, 0.717) is 5.82 Å². The Morgan fingerprint density at radius 3 is 2.55 bits per heavy atom. The van der Waals surface area contributed by atoms with E-state index in [-0.39, 0.29) is 11.2 Å².